The predicted octanol–water partition coefficient (Wildman–Crippen LogP) is 2.42. The molecule has 0 aromatic heterocycles. The molecule has 2 rings (SSSR count). The molecular formula is C15H23ClN2O2. The molecule has 1 saturated heterocycles. The van der Waals surface area contributed by atoms with Crippen molar-refractivity contribution in [1.29, 1.82) is 0 Å². The van der Waals surface area contributed by atoms with Gasteiger partial charge < -0.3 is 10.2 Å². The first kappa shape index (κ1) is 15.4. The highest BCUT2D eigenvalue weighted by molar-refractivity contribution is 6.25. The molecule has 0 radical (unpaired) electrons. The molecule has 0 aromatic carbocycles. The molecule has 2 unspecified atom stereocenters. The van der Waals surface area contributed by atoms with Gasteiger partial charge in [0.15, 0.2) is 0 Å². The third-order valence-electron chi connectivity index (χ3n) is 4.32. The fraction of sp³-hybridized carbons (Fsp3) is 0.733. The quantitative estimate of drug-likeness (QED) is 0.870. The Morgan fingerprint density at radius 1 is 1.35 bits per heavy atom. The normalized spacial score (nSPS) is 29.6. The van der Waals surface area contributed by atoms with Crippen molar-refractivity contribution in [2.75, 3.05) is 6.54 Å². The highest BCUT2D eigenvalue weighted by atomic mass is 35.5. The van der Waals surface area contributed by atoms with Gasteiger partial charge >= 0.3 is 0 Å². The number of amides is 2. The third-order valence-corrected chi connectivity index (χ3v) is 4.69. The molecule has 0 spiro atoms. The molecular weight excluding hydrogens is 276 g/mol. The van der Waals surface area contributed by atoms with Crippen molar-refractivity contribution in [3.63, 3.8) is 0 Å². The summed E-state index contributed by atoms with van der Waals surface area (Å²) in [6, 6.07) is -0.768. The number of nitrogens with one attached hydrogen (secondary N) is 1. The lowest BCUT2D eigenvalue weighted by Crippen LogP contribution is -2.64. The van der Waals surface area contributed by atoms with Gasteiger partial charge in [-0.2, -0.15) is 0 Å². The lowest BCUT2D eigenvalue weighted by atomic mass is 9.81. The van der Waals surface area contributed by atoms with Gasteiger partial charge in [-0.05, 0) is 38.2 Å². The first-order valence-corrected chi connectivity index (χ1v) is 7.85. The number of carbonyl (C=O) groups is 2. The van der Waals surface area contributed by atoms with Crippen molar-refractivity contribution in [3.8, 4) is 0 Å². The summed E-state index contributed by atoms with van der Waals surface area (Å²) in [5.74, 6) is 0.271. The van der Waals surface area contributed by atoms with Crippen LogP contribution in [-0.4, -0.2) is 35.3 Å². The molecule has 0 aromatic rings. The van der Waals surface area contributed by atoms with Gasteiger partial charge in [-0.1, -0.05) is 30.9 Å². The second-order valence-corrected chi connectivity index (χ2v) is 6.21. The van der Waals surface area contributed by atoms with Crippen LogP contribution in [0.1, 0.15) is 46.0 Å². The average Bonchev–Trinajstić information content (AvgIpc) is 2.45. The summed E-state index contributed by atoms with van der Waals surface area (Å²) in [5, 5.41) is 2.82. The highest BCUT2D eigenvalue weighted by Gasteiger charge is 2.42. The zero-order chi connectivity index (χ0) is 14.7. The molecule has 2 aliphatic rings. The average molecular weight is 299 g/mol. The minimum atomic E-state index is -0.439. The van der Waals surface area contributed by atoms with Crippen LogP contribution in [0.15, 0.2) is 11.1 Å². The summed E-state index contributed by atoms with van der Waals surface area (Å²) in [6.45, 7) is 4.07. The summed E-state index contributed by atoms with van der Waals surface area (Å²) in [6.07, 6.45) is 5.59. The summed E-state index contributed by atoms with van der Waals surface area (Å²) < 4.78 is 0. The molecule has 1 aliphatic carbocycles. The van der Waals surface area contributed by atoms with E-state index in [0.29, 0.717) is 6.54 Å². The van der Waals surface area contributed by atoms with Crippen molar-refractivity contribution < 1.29 is 9.59 Å². The van der Waals surface area contributed by atoms with Gasteiger partial charge in [0.2, 0.25) is 11.8 Å². The number of piperazine rings is 1. The highest BCUT2D eigenvalue weighted by Crippen LogP contribution is 2.31. The van der Waals surface area contributed by atoms with E-state index in [1.165, 1.54) is 12.0 Å². The van der Waals surface area contributed by atoms with Crippen LogP contribution < -0.4 is 5.32 Å². The van der Waals surface area contributed by atoms with Gasteiger partial charge in [0, 0.05) is 12.1 Å². The van der Waals surface area contributed by atoms with Gasteiger partial charge in [0.05, 0.1) is 0 Å². The number of carbonyl (C=O) groups excluding carboxylic acids is 2. The Hall–Kier alpha value is -1.03. The first-order chi connectivity index (χ1) is 9.54. The fourth-order valence-corrected chi connectivity index (χ4v) is 3.35. The van der Waals surface area contributed by atoms with E-state index in [2.05, 4.69) is 5.32 Å². The molecule has 5 heteroatoms. The van der Waals surface area contributed by atoms with Gasteiger partial charge in [-0.15, -0.1) is 0 Å². The minimum Gasteiger partial charge on any atom is -0.343 e. The van der Waals surface area contributed by atoms with Crippen molar-refractivity contribution in [2.24, 2.45) is 5.92 Å². The molecule has 2 atom stereocenters. The van der Waals surface area contributed by atoms with Crippen LogP contribution in [0.3, 0.4) is 0 Å². The lowest BCUT2D eigenvalue weighted by Gasteiger charge is -2.42. The molecule has 2 fully saturated rings. The maximum Gasteiger partial charge on any atom is 0.245 e. The zero-order valence-corrected chi connectivity index (χ0v) is 12.9. The van der Waals surface area contributed by atoms with E-state index >= 15 is 0 Å². The third kappa shape index (κ3) is 3.17. The Kier molecular flexibility index (Phi) is 5.08. The van der Waals surface area contributed by atoms with Gasteiger partial charge in [0.1, 0.15) is 12.1 Å². The molecule has 1 heterocycles. The molecule has 1 N–H and O–H groups in total. The van der Waals surface area contributed by atoms with Crippen LogP contribution in [0.5, 0.6) is 0 Å². The van der Waals surface area contributed by atoms with E-state index in [4.69, 9.17) is 11.6 Å². The molecule has 4 nitrogen and oxygen atoms in total. The van der Waals surface area contributed by atoms with Crippen molar-refractivity contribution in [1.82, 2.24) is 10.2 Å². The van der Waals surface area contributed by atoms with Crippen LogP contribution in [0, 0.1) is 5.92 Å². The minimum absolute atomic E-state index is 0.00181. The largest absolute Gasteiger partial charge is 0.343 e. The molecule has 112 valence electrons. The summed E-state index contributed by atoms with van der Waals surface area (Å²) in [7, 11) is 0. The Labute approximate surface area is 125 Å². The number of halogens is 1. The molecule has 20 heavy (non-hydrogen) atoms. The predicted molar refractivity (Wildman–Crippen MR) is 79.3 cm³/mol. The van der Waals surface area contributed by atoms with E-state index < -0.39 is 6.04 Å². The molecule has 1 aliphatic heterocycles. The zero-order valence-electron chi connectivity index (χ0n) is 12.2. The molecule has 1 saturated carbocycles. The van der Waals surface area contributed by atoms with Crippen LogP contribution in [0.2, 0.25) is 0 Å². The Balaban J connectivity index is 2.22. The van der Waals surface area contributed by atoms with Crippen LogP contribution in [0.4, 0.5) is 0 Å². The standard InChI is InChI=1S/C15H23ClN2O2/c1-10(8-16)9-18-13(12-6-4-3-5-7-12)14(19)17-11(2)15(18)20/h8,11-13H,3-7,9H2,1-2H3,(H,17,19). The summed E-state index contributed by atoms with van der Waals surface area (Å²) in [4.78, 5) is 26.5. The van der Waals surface area contributed by atoms with Crippen molar-refractivity contribution in [3.05, 3.63) is 11.1 Å². The monoisotopic (exact) mass is 298 g/mol. The number of hydrogen-bond acceptors (Lipinski definition) is 2. The summed E-state index contributed by atoms with van der Waals surface area (Å²) >= 11 is 5.72. The Morgan fingerprint density at radius 2 is 2.00 bits per heavy atom. The van der Waals surface area contributed by atoms with Gasteiger partial charge in [0.25, 0.3) is 0 Å². The number of nitrogens with zero attached hydrogens (tertiary/aromatic N) is 1. The van der Waals surface area contributed by atoms with E-state index in [1.54, 1.807) is 11.8 Å². The lowest BCUT2D eigenvalue weighted by molar-refractivity contribution is -0.151. The van der Waals surface area contributed by atoms with Crippen LogP contribution in [0.25, 0.3) is 0 Å². The first-order valence-electron chi connectivity index (χ1n) is 7.41. The van der Waals surface area contributed by atoms with E-state index in [0.717, 1.165) is 31.3 Å². The van der Waals surface area contributed by atoms with Gasteiger partial charge in [-0.25, -0.2) is 0 Å². The van der Waals surface area contributed by atoms with E-state index in [-0.39, 0.29) is 23.8 Å². The fourth-order valence-electron chi connectivity index (χ4n) is 3.29. The SMILES string of the molecule is CC(=CCl)CN1C(=O)C(C)NC(=O)C1C1CCCCC1. The second kappa shape index (κ2) is 6.61. The Bertz CT molecular complexity index is 416. The second-order valence-electron chi connectivity index (χ2n) is 5.99. The number of rotatable bonds is 3. The van der Waals surface area contributed by atoms with Gasteiger partial charge in [-0.3, -0.25) is 9.59 Å². The van der Waals surface area contributed by atoms with E-state index in [9.17, 15) is 9.59 Å². The van der Waals surface area contributed by atoms with E-state index in [1.807, 2.05) is 6.92 Å². The van der Waals surface area contributed by atoms with Crippen LogP contribution in [-0.2, 0) is 9.59 Å². The van der Waals surface area contributed by atoms with Crippen molar-refractivity contribution in [2.45, 2.75) is 58.0 Å². The van der Waals surface area contributed by atoms with Crippen molar-refractivity contribution >= 4 is 23.4 Å². The van der Waals surface area contributed by atoms with Crippen LogP contribution >= 0.6 is 11.6 Å². The maximum absolute atomic E-state index is 12.4. The summed E-state index contributed by atoms with van der Waals surface area (Å²) in [5.41, 5.74) is 2.39. The smallest absolute Gasteiger partial charge is 0.245 e. The number of hydrogen-bond donors (Lipinski definition) is 1. The topological polar surface area (TPSA) is 49.4 Å². The molecule has 2 amide bonds. The molecule has 0 bridgehead atoms. The maximum atomic E-state index is 12.4. The Morgan fingerprint density at radius 3 is 2.60 bits per heavy atom.